The van der Waals surface area contributed by atoms with Gasteiger partial charge in [-0.1, -0.05) is 54.6 Å². The molecule has 1 amide bonds. The van der Waals surface area contributed by atoms with Gasteiger partial charge < -0.3 is 5.32 Å². The van der Waals surface area contributed by atoms with Gasteiger partial charge in [-0.25, -0.2) is 4.98 Å². The van der Waals surface area contributed by atoms with Gasteiger partial charge in [-0.2, -0.15) is 5.10 Å². The first kappa shape index (κ1) is 19.3. The molecule has 29 heavy (non-hydrogen) atoms. The fraction of sp³-hybridized carbons (Fsp3) is 0.348. The fourth-order valence-electron chi connectivity index (χ4n) is 4.18. The van der Waals surface area contributed by atoms with Gasteiger partial charge in [-0.05, 0) is 37.1 Å². The topological polar surface area (TPSA) is 73.9 Å². The molecule has 1 aliphatic carbocycles. The van der Waals surface area contributed by atoms with E-state index in [0.717, 1.165) is 13.0 Å². The van der Waals surface area contributed by atoms with Gasteiger partial charge in [0.05, 0.1) is 6.04 Å². The van der Waals surface area contributed by atoms with E-state index in [-0.39, 0.29) is 11.9 Å². The molecule has 6 heteroatoms. The largest absolute Gasteiger partial charge is 0.345 e. The Hall–Kier alpha value is -2.99. The summed E-state index contributed by atoms with van der Waals surface area (Å²) in [5, 5.41) is 9.91. The lowest BCUT2D eigenvalue weighted by atomic mass is 9.91. The van der Waals surface area contributed by atoms with Crippen LogP contribution in [0.2, 0.25) is 0 Å². The third kappa shape index (κ3) is 3.93. The third-order valence-electron chi connectivity index (χ3n) is 6.01. The first-order valence-corrected chi connectivity index (χ1v) is 10.1. The van der Waals surface area contributed by atoms with Crippen molar-refractivity contribution < 1.29 is 4.79 Å². The van der Waals surface area contributed by atoms with E-state index in [2.05, 4.69) is 68.8 Å². The highest BCUT2D eigenvalue weighted by atomic mass is 16.2. The Labute approximate surface area is 171 Å². The van der Waals surface area contributed by atoms with E-state index in [1.54, 1.807) is 0 Å². The molecule has 0 radical (unpaired) electrons. The maximum absolute atomic E-state index is 13.6. The molecule has 6 nitrogen and oxygen atoms in total. The molecule has 150 valence electrons. The molecule has 1 heterocycles. The maximum atomic E-state index is 13.6. The Morgan fingerprint density at radius 2 is 1.79 bits per heavy atom. The summed E-state index contributed by atoms with van der Waals surface area (Å²) in [5.74, 6) is 0.698. The van der Waals surface area contributed by atoms with Gasteiger partial charge >= 0.3 is 0 Å². The average Bonchev–Trinajstić information content (AvgIpc) is 3.41. The van der Waals surface area contributed by atoms with Crippen molar-refractivity contribution in [1.29, 1.82) is 0 Å². The predicted molar refractivity (Wildman–Crippen MR) is 112 cm³/mol. The number of aromatic amines is 1. The first-order chi connectivity index (χ1) is 14.1. The zero-order valence-corrected chi connectivity index (χ0v) is 16.9. The molecule has 3 aromatic rings. The van der Waals surface area contributed by atoms with Gasteiger partial charge in [0.1, 0.15) is 17.7 Å². The number of benzene rings is 2. The average molecular weight is 390 g/mol. The highest BCUT2D eigenvalue weighted by molar-refractivity contribution is 5.88. The fourth-order valence-corrected chi connectivity index (χ4v) is 4.18. The highest BCUT2D eigenvalue weighted by Crippen LogP contribution is 2.35. The summed E-state index contributed by atoms with van der Waals surface area (Å²) in [4.78, 5) is 20.0. The Kier molecular flexibility index (Phi) is 5.45. The normalized spacial score (nSPS) is 15.8. The minimum Gasteiger partial charge on any atom is -0.345 e. The lowest BCUT2D eigenvalue weighted by Crippen LogP contribution is -2.59. The van der Waals surface area contributed by atoms with Crippen molar-refractivity contribution in [2.45, 2.75) is 37.8 Å². The Morgan fingerprint density at radius 3 is 2.41 bits per heavy atom. The van der Waals surface area contributed by atoms with E-state index in [1.165, 1.54) is 23.0 Å². The number of fused-ring (bicyclic) bond motifs is 1. The van der Waals surface area contributed by atoms with Crippen LogP contribution in [0.25, 0.3) is 0 Å². The first-order valence-electron chi connectivity index (χ1n) is 10.1. The highest BCUT2D eigenvalue weighted by Gasteiger charge is 2.47. The molecular formula is C23H27N5O. The number of hydrogen-bond acceptors (Lipinski definition) is 4. The second-order valence-electron chi connectivity index (χ2n) is 7.88. The van der Waals surface area contributed by atoms with Crippen LogP contribution >= 0.6 is 0 Å². The number of amides is 1. The Bertz CT molecular complexity index is 929. The molecule has 0 spiro atoms. The molecule has 1 aliphatic rings. The second kappa shape index (κ2) is 8.17. The molecular weight excluding hydrogens is 362 g/mol. The van der Waals surface area contributed by atoms with Crippen LogP contribution in [0.15, 0.2) is 60.9 Å². The minimum atomic E-state index is -0.604. The van der Waals surface area contributed by atoms with E-state index < -0.39 is 5.54 Å². The number of rotatable bonds is 7. The lowest BCUT2D eigenvalue weighted by molar-refractivity contribution is -0.133. The molecule has 0 saturated heterocycles. The van der Waals surface area contributed by atoms with Gasteiger partial charge in [0.2, 0.25) is 5.91 Å². The van der Waals surface area contributed by atoms with Gasteiger partial charge in [-0.3, -0.25) is 14.8 Å². The number of nitrogens with one attached hydrogen (secondary N) is 2. The smallest absolute Gasteiger partial charge is 0.241 e. The van der Waals surface area contributed by atoms with Crippen LogP contribution in [0.5, 0.6) is 0 Å². The molecule has 1 aromatic heterocycles. The van der Waals surface area contributed by atoms with Crippen LogP contribution in [0.1, 0.15) is 35.5 Å². The maximum Gasteiger partial charge on any atom is 0.241 e. The standard InChI is InChI=1S/C23H27N5O/c1-17(21-24-16-25-27-21)26-22(29)23(14-19-10-6-7-11-20(19)15-23)28(2)13-12-18-8-4-3-5-9-18/h3-11,16-17H,12-15H2,1-2H3,(H,26,29)(H,24,25,27). The van der Waals surface area contributed by atoms with E-state index >= 15 is 0 Å². The van der Waals surface area contributed by atoms with Crippen molar-refractivity contribution in [3.05, 3.63) is 83.4 Å². The van der Waals surface area contributed by atoms with E-state index in [1.807, 2.05) is 25.1 Å². The van der Waals surface area contributed by atoms with Gasteiger partial charge in [-0.15, -0.1) is 0 Å². The molecule has 0 aliphatic heterocycles. The third-order valence-corrected chi connectivity index (χ3v) is 6.01. The molecule has 2 aromatic carbocycles. The monoisotopic (exact) mass is 389 g/mol. The molecule has 1 unspecified atom stereocenters. The van der Waals surface area contributed by atoms with Crippen LogP contribution in [0.3, 0.4) is 0 Å². The summed E-state index contributed by atoms with van der Waals surface area (Å²) in [6.07, 6.45) is 3.79. The van der Waals surface area contributed by atoms with E-state index in [4.69, 9.17) is 0 Å². The quantitative estimate of drug-likeness (QED) is 0.652. The Balaban J connectivity index is 1.55. The molecule has 0 fully saturated rings. The van der Waals surface area contributed by atoms with Gasteiger partial charge in [0.15, 0.2) is 0 Å². The number of carbonyl (C=O) groups is 1. The summed E-state index contributed by atoms with van der Waals surface area (Å²) in [5.41, 5.74) is 3.18. The Morgan fingerprint density at radius 1 is 1.14 bits per heavy atom. The number of H-pyrrole nitrogens is 1. The minimum absolute atomic E-state index is 0.0353. The predicted octanol–water partition coefficient (Wildman–Crippen LogP) is 2.69. The zero-order chi connectivity index (χ0) is 20.3. The number of nitrogens with zero attached hydrogens (tertiary/aromatic N) is 3. The summed E-state index contributed by atoms with van der Waals surface area (Å²) in [6.45, 7) is 2.74. The van der Waals surface area contributed by atoms with Crippen molar-refractivity contribution in [2.24, 2.45) is 0 Å². The van der Waals surface area contributed by atoms with Crippen LogP contribution in [0, 0.1) is 0 Å². The summed E-state index contributed by atoms with van der Waals surface area (Å²) < 4.78 is 0. The number of likely N-dealkylation sites (N-methyl/N-ethyl adjacent to an activating group) is 1. The van der Waals surface area contributed by atoms with Gasteiger partial charge in [0, 0.05) is 19.4 Å². The van der Waals surface area contributed by atoms with Crippen molar-refractivity contribution in [1.82, 2.24) is 25.4 Å². The molecule has 0 saturated carbocycles. The summed E-state index contributed by atoms with van der Waals surface area (Å²) in [7, 11) is 2.06. The van der Waals surface area contributed by atoms with Crippen molar-refractivity contribution in [3.8, 4) is 0 Å². The summed E-state index contributed by atoms with van der Waals surface area (Å²) >= 11 is 0. The second-order valence-corrected chi connectivity index (χ2v) is 7.88. The zero-order valence-electron chi connectivity index (χ0n) is 16.9. The summed E-state index contributed by atoms with van der Waals surface area (Å²) in [6, 6.07) is 18.6. The molecule has 0 bridgehead atoms. The number of carbonyl (C=O) groups excluding carboxylic acids is 1. The molecule has 4 rings (SSSR count). The van der Waals surface area contributed by atoms with Crippen LogP contribution in [0.4, 0.5) is 0 Å². The number of hydrogen-bond donors (Lipinski definition) is 2. The van der Waals surface area contributed by atoms with Crippen molar-refractivity contribution >= 4 is 5.91 Å². The van der Waals surface area contributed by atoms with E-state index in [9.17, 15) is 4.79 Å². The SMILES string of the molecule is CC(NC(=O)C1(N(C)CCc2ccccc2)Cc2ccccc2C1)c1ncn[nH]1. The van der Waals surface area contributed by atoms with Crippen molar-refractivity contribution in [3.63, 3.8) is 0 Å². The molecule has 1 atom stereocenters. The van der Waals surface area contributed by atoms with Crippen LogP contribution < -0.4 is 5.32 Å². The number of aromatic nitrogens is 3. The van der Waals surface area contributed by atoms with Gasteiger partial charge in [0.25, 0.3) is 0 Å². The van der Waals surface area contributed by atoms with Crippen molar-refractivity contribution in [2.75, 3.05) is 13.6 Å². The van der Waals surface area contributed by atoms with Crippen LogP contribution in [-0.2, 0) is 24.1 Å². The lowest BCUT2D eigenvalue weighted by Gasteiger charge is -2.38. The molecule has 2 N–H and O–H groups in total. The van der Waals surface area contributed by atoms with E-state index in [0.29, 0.717) is 18.7 Å². The van der Waals surface area contributed by atoms with Crippen LogP contribution in [-0.4, -0.2) is 45.1 Å².